The molecule has 2 aromatic carbocycles. The van der Waals surface area contributed by atoms with E-state index in [1.165, 1.54) is 11.6 Å². The second-order valence-corrected chi connectivity index (χ2v) is 6.77. The Kier molecular flexibility index (Phi) is 5.82. The average molecular weight is 341 g/mol. The molecule has 0 bridgehead atoms. The predicted molar refractivity (Wildman–Crippen MR) is 95.5 cm³/mol. The van der Waals surface area contributed by atoms with Gasteiger partial charge in [-0.25, -0.2) is 4.39 Å². The highest BCUT2D eigenvalue weighted by molar-refractivity contribution is 5.76. The number of nitrogens with zero attached hydrogens (tertiary/aromatic N) is 1. The summed E-state index contributed by atoms with van der Waals surface area (Å²) in [6.45, 7) is 1.60. The number of aryl methyl sites for hydroxylation is 1. The van der Waals surface area contributed by atoms with Crippen molar-refractivity contribution in [1.29, 1.82) is 0 Å². The standard InChI is InChI=1S/C21H24FNO2/c22-20-7-2-1-6-19(20)8-9-21(25)23-11-10-17(14-23)12-16-4-3-5-18(13-16)15-24/h1-7,13,17,24H,8-12,14-15H2/t17-/m1/s1. The third kappa shape index (κ3) is 4.67. The zero-order valence-electron chi connectivity index (χ0n) is 14.3. The van der Waals surface area contributed by atoms with Gasteiger partial charge in [-0.2, -0.15) is 0 Å². The molecule has 1 fully saturated rings. The summed E-state index contributed by atoms with van der Waals surface area (Å²) in [7, 11) is 0. The van der Waals surface area contributed by atoms with E-state index in [0.717, 1.165) is 31.5 Å². The van der Waals surface area contributed by atoms with Crippen LogP contribution in [-0.2, 0) is 24.2 Å². The summed E-state index contributed by atoms with van der Waals surface area (Å²) < 4.78 is 13.6. The van der Waals surface area contributed by atoms with Gasteiger partial charge in [-0.1, -0.05) is 42.5 Å². The predicted octanol–water partition coefficient (Wildman–Crippen LogP) is 3.34. The maximum Gasteiger partial charge on any atom is 0.222 e. The Labute approximate surface area is 148 Å². The Balaban J connectivity index is 1.50. The highest BCUT2D eigenvalue weighted by Gasteiger charge is 2.26. The van der Waals surface area contributed by atoms with E-state index in [-0.39, 0.29) is 18.3 Å². The summed E-state index contributed by atoms with van der Waals surface area (Å²) >= 11 is 0. The van der Waals surface area contributed by atoms with Crippen LogP contribution in [0.2, 0.25) is 0 Å². The van der Waals surface area contributed by atoms with E-state index in [4.69, 9.17) is 0 Å². The lowest BCUT2D eigenvalue weighted by Crippen LogP contribution is -2.29. The molecule has 0 spiro atoms. The lowest BCUT2D eigenvalue weighted by molar-refractivity contribution is -0.130. The molecule has 0 aliphatic carbocycles. The third-order valence-corrected chi connectivity index (χ3v) is 4.90. The summed E-state index contributed by atoms with van der Waals surface area (Å²) in [6, 6.07) is 14.6. The normalized spacial score (nSPS) is 17.0. The molecule has 25 heavy (non-hydrogen) atoms. The molecule has 1 aliphatic rings. The summed E-state index contributed by atoms with van der Waals surface area (Å²) in [6.07, 6.45) is 2.72. The second kappa shape index (κ2) is 8.26. The van der Waals surface area contributed by atoms with Gasteiger partial charge in [0.1, 0.15) is 5.82 Å². The van der Waals surface area contributed by atoms with E-state index in [9.17, 15) is 14.3 Å². The van der Waals surface area contributed by atoms with Gasteiger partial charge in [0.25, 0.3) is 0 Å². The van der Waals surface area contributed by atoms with E-state index in [0.29, 0.717) is 24.3 Å². The molecule has 3 rings (SSSR count). The van der Waals surface area contributed by atoms with Crippen molar-refractivity contribution in [3.05, 3.63) is 71.0 Å². The molecule has 0 radical (unpaired) electrons. The molecular formula is C21H24FNO2. The number of halogens is 1. The van der Waals surface area contributed by atoms with E-state index in [2.05, 4.69) is 6.07 Å². The minimum absolute atomic E-state index is 0.0547. The molecule has 1 atom stereocenters. The van der Waals surface area contributed by atoms with Gasteiger partial charge in [-0.15, -0.1) is 0 Å². The van der Waals surface area contributed by atoms with Gasteiger partial charge in [0, 0.05) is 19.5 Å². The first kappa shape index (κ1) is 17.6. The molecule has 4 heteroatoms. The number of benzene rings is 2. The Morgan fingerprint density at radius 2 is 1.96 bits per heavy atom. The molecule has 0 unspecified atom stereocenters. The van der Waals surface area contributed by atoms with Crippen LogP contribution in [0.5, 0.6) is 0 Å². The quantitative estimate of drug-likeness (QED) is 0.875. The number of carbonyl (C=O) groups is 1. The zero-order chi connectivity index (χ0) is 17.6. The maximum atomic E-state index is 13.6. The van der Waals surface area contributed by atoms with Gasteiger partial charge < -0.3 is 10.0 Å². The van der Waals surface area contributed by atoms with E-state index < -0.39 is 0 Å². The first-order valence-corrected chi connectivity index (χ1v) is 8.85. The number of carbonyl (C=O) groups excluding carboxylic acids is 1. The van der Waals surface area contributed by atoms with Crippen molar-refractivity contribution in [2.24, 2.45) is 5.92 Å². The molecule has 0 aromatic heterocycles. The minimum Gasteiger partial charge on any atom is -0.392 e. The van der Waals surface area contributed by atoms with E-state index in [1.54, 1.807) is 18.2 Å². The Morgan fingerprint density at radius 3 is 2.76 bits per heavy atom. The van der Waals surface area contributed by atoms with E-state index in [1.807, 2.05) is 23.1 Å². The molecule has 1 amide bonds. The maximum absolute atomic E-state index is 13.6. The number of hydrogen-bond acceptors (Lipinski definition) is 2. The summed E-state index contributed by atoms with van der Waals surface area (Å²) in [5.74, 6) is 0.319. The fourth-order valence-electron chi connectivity index (χ4n) is 3.51. The highest BCUT2D eigenvalue weighted by atomic mass is 19.1. The Hall–Kier alpha value is -2.20. The number of aliphatic hydroxyl groups is 1. The molecule has 2 aromatic rings. The zero-order valence-corrected chi connectivity index (χ0v) is 14.3. The molecule has 1 heterocycles. The number of likely N-dealkylation sites (tertiary alicyclic amines) is 1. The summed E-state index contributed by atoms with van der Waals surface area (Å²) in [4.78, 5) is 14.3. The lowest BCUT2D eigenvalue weighted by atomic mass is 9.97. The lowest BCUT2D eigenvalue weighted by Gasteiger charge is -2.17. The molecule has 1 aliphatic heterocycles. The van der Waals surface area contributed by atoms with E-state index >= 15 is 0 Å². The first-order chi connectivity index (χ1) is 12.2. The first-order valence-electron chi connectivity index (χ1n) is 8.85. The molecule has 1 N–H and O–H groups in total. The monoisotopic (exact) mass is 341 g/mol. The minimum atomic E-state index is -0.238. The summed E-state index contributed by atoms with van der Waals surface area (Å²) in [5, 5.41) is 9.23. The SMILES string of the molecule is O=C(CCc1ccccc1F)N1CC[C@H](Cc2cccc(CO)c2)C1. The van der Waals surface area contributed by atoms with Crippen LogP contribution in [0.15, 0.2) is 48.5 Å². The van der Waals surface area contributed by atoms with Crippen molar-refractivity contribution in [3.63, 3.8) is 0 Å². The van der Waals surface area contributed by atoms with Crippen LogP contribution >= 0.6 is 0 Å². The van der Waals surface area contributed by atoms with Crippen molar-refractivity contribution in [1.82, 2.24) is 4.90 Å². The van der Waals surface area contributed by atoms with Crippen LogP contribution in [0, 0.1) is 11.7 Å². The van der Waals surface area contributed by atoms with Gasteiger partial charge in [0.05, 0.1) is 6.61 Å². The van der Waals surface area contributed by atoms with Crippen molar-refractivity contribution in [2.45, 2.75) is 32.3 Å². The fourth-order valence-corrected chi connectivity index (χ4v) is 3.51. The largest absolute Gasteiger partial charge is 0.392 e. The Morgan fingerprint density at radius 1 is 1.16 bits per heavy atom. The van der Waals surface area contributed by atoms with Crippen LogP contribution < -0.4 is 0 Å². The molecule has 3 nitrogen and oxygen atoms in total. The van der Waals surface area contributed by atoms with Crippen molar-refractivity contribution >= 4 is 5.91 Å². The topological polar surface area (TPSA) is 40.5 Å². The second-order valence-electron chi connectivity index (χ2n) is 6.77. The Bertz CT molecular complexity index is 731. The van der Waals surface area contributed by atoms with Crippen LogP contribution in [0.3, 0.4) is 0 Å². The average Bonchev–Trinajstić information content (AvgIpc) is 3.09. The number of amides is 1. The van der Waals surface area contributed by atoms with Crippen molar-refractivity contribution in [3.8, 4) is 0 Å². The van der Waals surface area contributed by atoms with Crippen molar-refractivity contribution in [2.75, 3.05) is 13.1 Å². The molecule has 0 saturated carbocycles. The van der Waals surface area contributed by atoms with Crippen LogP contribution in [0.25, 0.3) is 0 Å². The highest BCUT2D eigenvalue weighted by Crippen LogP contribution is 2.22. The van der Waals surface area contributed by atoms with Gasteiger partial charge in [-0.05, 0) is 47.9 Å². The molecule has 1 saturated heterocycles. The van der Waals surface area contributed by atoms with Crippen LogP contribution in [-0.4, -0.2) is 29.0 Å². The fraction of sp³-hybridized carbons (Fsp3) is 0.381. The van der Waals surface area contributed by atoms with Gasteiger partial charge in [0.2, 0.25) is 5.91 Å². The van der Waals surface area contributed by atoms with Crippen LogP contribution in [0.4, 0.5) is 4.39 Å². The number of hydrogen-bond donors (Lipinski definition) is 1. The third-order valence-electron chi connectivity index (χ3n) is 4.90. The number of rotatable bonds is 6. The van der Waals surface area contributed by atoms with Gasteiger partial charge >= 0.3 is 0 Å². The summed E-state index contributed by atoms with van der Waals surface area (Å²) in [5.41, 5.74) is 2.73. The van der Waals surface area contributed by atoms with Crippen molar-refractivity contribution < 1.29 is 14.3 Å². The molecular weight excluding hydrogens is 317 g/mol. The molecule has 132 valence electrons. The van der Waals surface area contributed by atoms with Crippen LogP contribution in [0.1, 0.15) is 29.5 Å². The number of aliphatic hydroxyl groups excluding tert-OH is 1. The van der Waals surface area contributed by atoms with Gasteiger partial charge in [-0.3, -0.25) is 4.79 Å². The smallest absolute Gasteiger partial charge is 0.222 e. The van der Waals surface area contributed by atoms with Gasteiger partial charge in [0.15, 0.2) is 0 Å².